The van der Waals surface area contributed by atoms with E-state index in [9.17, 15) is 9.18 Å². The first kappa shape index (κ1) is 16.2. The summed E-state index contributed by atoms with van der Waals surface area (Å²) >= 11 is 0. The van der Waals surface area contributed by atoms with Crippen molar-refractivity contribution in [1.82, 2.24) is 5.43 Å². The minimum atomic E-state index is -0.766. The van der Waals surface area contributed by atoms with Crippen LogP contribution in [0.4, 0.5) is 4.39 Å². The van der Waals surface area contributed by atoms with Crippen LogP contribution in [0.2, 0.25) is 0 Å². The first-order valence-electron chi connectivity index (χ1n) is 6.90. The number of hydrogen-bond donors (Lipinski definition) is 1. The molecule has 0 aliphatic carbocycles. The summed E-state index contributed by atoms with van der Waals surface area (Å²) in [5.74, 6) is -0.708. The summed E-state index contributed by atoms with van der Waals surface area (Å²) in [5.41, 5.74) is 2.98. The van der Waals surface area contributed by atoms with Gasteiger partial charge in [0.15, 0.2) is 0 Å². The summed E-state index contributed by atoms with van der Waals surface area (Å²) in [5, 5.41) is 12.4. The molecule has 0 aliphatic rings. The van der Waals surface area contributed by atoms with Crippen LogP contribution in [0, 0.1) is 17.1 Å². The van der Waals surface area contributed by atoms with Crippen LogP contribution in [0.25, 0.3) is 0 Å². The highest BCUT2D eigenvalue weighted by Crippen LogP contribution is 2.11. The van der Waals surface area contributed by atoms with Crippen LogP contribution in [0.1, 0.15) is 28.4 Å². The number of hydrazone groups is 1. The number of rotatable bonds is 5. The van der Waals surface area contributed by atoms with Crippen LogP contribution >= 0.6 is 0 Å². The van der Waals surface area contributed by atoms with E-state index in [1.165, 1.54) is 18.3 Å². The van der Waals surface area contributed by atoms with E-state index in [-0.39, 0.29) is 11.1 Å². The molecule has 0 heterocycles. The maximum atomic E-state index is 13.7. The van der Waals surface area contributed by atoms with E-state index in [0.29, 0.717) is 6.61 Å². The molecular formula is C17H14FN3O2. The third kappa shape index (κ3) is 4.38. The predicted molar refractivity (Wildman–Crippen MR) is 83.8 cm³/mol. The Bertz CT molecular complexity index is 764. The lowest BCUT2D eigenvalue weighted by molar-refractivity contribution is 0.0951. The summed E-state index contributed by atoms with van der Waals surface area (Å²) in [6.45, 7) is 2.48. The SMILES string of the molecule is CCOc1ccc(/C=N\NC(=O)c2ccc(C#N)cc2F)cc1. The van der Waals surface area contributed by atoms with Gasteiger partial charge in [0.25, 0.3) is 5.91 Å². The Morgan fingerprint density at radius 3 is 2.70 bits per heavy atom. The Morgan fingerprint density at radius 2 is 2.09 bits per heavy atom. The lowest BCUT2D eigenvalue weighted by Gasteiger charge is -2.03. The first-order chi connectivity index (χ1) is 11.1. The standard InChI is InChI=1S/C17H14FN3O2/c1-2-23-14-6-3-12(4-7-14)11-20-21-17(22)15-8-5-13(10-19)9-16(15)18/h3-9,11H,2H2,1H3,(H,21,22)/b20-11-. The molecule has 0 fully saturated rings. The van der Waals surface area contributed by atoms with E-state index >= 15 is 0 Å². The molecule has 0 atom stereocenters. The van der Waals surface area contributed by atoms with Crippen molar-refractivity contribution >= 4 is 12.1 Å². The van der Waals surface area contributed by atoms with Crippen molar-refractivity contribution in [3.63, 3.8) is 0 Å². The number of nitriles is 1. The third-order valence-electron chi connectivity index (χ3n) is 2.91. The number of carbonyl (C=O) groups is 1. The van der Waals surface area contributed by atoms with E-state index in [1.807, 2.05) is 6.92 Å². The summed E-state index contributed by atoms with van der Waals surface area (Å²) in [7, 11) is 0. The topological polar surface area (TPSA) is 74.5 Å². The molecule has 6 heteroatoms. The van der Waals surface area contributed by atoms with Gasteiger partial charge >= 0.3 is 0 Å². The zero-order chi connectivity index (χ0) is 16.7. The lowest BCUT2D eigenvalue weighted by Crippen LogP contribution is -2.19. The molecule has 0 bridgehead atoms. The maximum Gasteiger partial charge on any atom is 0.274 e. The van der Waals surface area contributed by atoms with Crippen LogP contribution in [0.15, 0.2) is 47.6 Å². The molecule has 0 aromatic heterocycles. The van der Waals surface area contributed by atoms with Crippen LogP contribution in [0.5, 0.6) is 5.75 Å². The smallest absolute Gasteiger partial charge is 0.274 e. The molecule has 1 amide bonds. The van der Waals surface area contributed by atoms with E-state index in [2.05, 4.69) is 10.5 Å². The number of nitrogens with one attached hydrogen (secondary N) is 1. The molecule has 116 valence electrons. The van der Waals surface area contributed by atoms with Crippen molar-refractivity contribution in [2.24, 2.45) is 5.10 Å². The molecule has 23 heavy (non-hydrogen) atoms. The highest BCUT2D eigenvalue weighted by molar-refractivity contribution is 5.95. The van der Waals surface area contributed by atoms with E-state index < -0.39 is 11.7 Å². The monoisotopic (exact) mass is 311 g/mol. The van der Waals surface area contributed by atoms with Crippen molar-refractivity contribution in [3.8, 4) is 11.8 Å². The number of hydrogen-bond acceptors (Lipinski definition) is 4. The van der Waals surface area contributed by atoms with Crippen molar-refractivity contribution in [3.05, 3.63) is 65.0 Å². The minimum absolute atomic E-state index is 0.150. The summed E-state index contributed by atoms with van der Waals surface area (Å²) < 4.78 is 19.0. The van der Waals surface area contributed by atoms with Gasteiger partial charge in [0.1, 0.15) is 11.6 Å². The van der Waals surface area contributed by atoms with Gasteiger partial charge in [-0.25, -0.2) is 9.82 Å². The van der Waals surface area contributed by atoms with Gasteiger partial charge in [-0.15, -0.1) is 0 Å². The van der Waals surface area contributed by atoms with E-state index in [0.717, 1.165) is 17.4 Å². The quantitative estimate of drug-likeness (QED) is 0.681. The zero-order valence-electron chi connectivity index (χ0n) is 12.4. The van der Waals surface area contributed by atoms with Crippen molar-refractivity contribution in [2.75, 3.05) is 6.61 Å². The fourth-order valence-electron chi connectivity index (χ4n) is 1.81. The molecule has 2 rings (SSSR count). The second-order valence-corrected chi connectivity index (χ2v) is 4.51. The van der Waals surface area contributed by atoms with Crippen molar-refractivity contribution in [2.45, 2.75) is 6.92 Å². The Morgan fingerprint density at radius 1 is 1.35 bits per heavy atom. The third-order valence-corrected chi connectivity index (χ3v) is 2.91. The van der Waals surface area contributed by atoms with Crippen molar-refractivity contribution < 1.29 is 13.9 Å². The van der Waals surface area contributed by atoms with Gasteiger partial charge in [0, 0.05) is 0 Å². The fourth-order valence-corrected chi connectivity index (χ4v) is 1.81. The molecule has 0 saturated carbocycles. The Labute approximate surface area is 133 Å². The summed E-state index contributed by atoms with van der Waals surface area (Å²) in [6, 6.07) is 12.6. The molecular weight excluding hydrogens is 297 g/mol. The number of amides is 1. The molecule has 0 spiro atoms. The second-order valence-electron chi connectivity index (χ2n) is 4.51. The van der Waals surface area contributed by atoms with E-state index in [4.69, 9.17) is 10.00 Å². The summed E-state index contributed by atoms with van der Waals surface area (Å²) in [4.78, 5) is 11.8. The Hall–Kier alpha value is -3.20. The average Bonchev–Trinajstić information content (AvgIpc) is 2.56. The van der Waals surface area contributed by atoms with Gasteiger partial charge in [-0.2, -0.15) is 10.4 Å². The normalized spacial score (nSPS) is 10.3. The van der Waals surface area contributed by atoms with Crippen molar-refractivity contribution in [1.29, 1.82) is 5.26 Å². The molecule has 0 aliphatic heterocycles. The van der Waals surface area contributed by atoms with Crippen LogP contribution < -0.4 is 10.2 Å². The number of halogens is 1. The average molecular weight is 311 g/mol. The largest absolute Gasteiger partial charge is 0.494 e. The summed E-state index contributed by atoms with van der Waals surface area (Å²) in [6.07, 6.45) is 1.44. The molecule has 0 unspecified atom stereocenters. The molecule has 0 radical (unpaired) electrons. The lowest BCUT2D eigenvalue weighted by atomic mass is 10.1. The highest BCUT2D eigenvalue weighted by atomic mass is 19.1. The van der Waals surface area contributed by atoms with Gasteiger partial charge in [-0.1, -0.05) is 0 Å². The molecule has 2 aromatic rings. The van der Waals surface area contributed by atoms with Gasteiger partial charge in [-0.05, 0) is 55.0 Å². The van der Waals surface area contributed by atoms with Gasteiger partial charge in [0.2, 0.25) is 0 Å². The zero-order valence-corrected chi connectivity index (χ0v) is 12.4. The second kappa shape index (κ2) is 7.71. The minimum Gasteiger partial charge on any atom is -0.494 e. The number of nitrogens with zero attached hydrogens (tertiary/aromatic N) is 2. The molecule has 5 nitrogen and oxygen atoms in total. The van der Waals surface area contributed by atoms with Crippen LogP contribution in [-0.2, 0) is 0 Å². The highest BCUT2D eigenvalue weighted by Gasteiger charge is 2.11. The molecule has 2 aromatic carbocycles. The van der Waals surface area contributed by atoms with Gasteiger partial charge in [-0.3, -0.25) is 4.79 Å². The number of carbonyl (C=O) groups excluding carboxylic acids is 1. The molecule has 0 saturated heterocycles. The van der Waals surface area contributed by atoms with E-state index in [1.54, 1.807) is 30.3 Å². The number of ether oxygens (including phenoxy) is 1. The Kier molecular flexibility index (Phi) is 5.42. The van der Waals surface area contributed by atoms with Crippen LogP contribution in [-0.4, -0.2) is 18.7 Å². The predicted octanol–water partition coefficient (Wildman–Crippen LogP) is 2.86. The fraction of sp³-hybridized carbons (Fsp3) is 0.118. The maximum absolute atomic E-state index is 13.7. The van der Waals surface area contributed by atoms with Gasteiger partial charge < -0.3 is 4.74 Å². The van der Waals surface area contributed by atoms with Gasteiger partial charge in [0.05, 0.1) is 30.0 Å². The molecule has 1 N–H and O–H groups in total. The first-order valence-corrected chi connectivity index (χ1v) is 6.90. The Balaban J connectivity index is 1.99. The number of benzene rings is 2. The van der Waals surface area contributed by atoms with Crippen LogP contribution in [0.3, 0.4) is 0 Å².